The van der Waals surface area contributed by atoms with Gasteiger partial charge in [0.25, 0.3) is 0 Å². The molecule has 0 fully saturated rings. The molecule has 0 aliphatic carbocycles. The topological polar surface area (TPSA) is 44.8 Å². The summed E-state index contributed by atoms with van der Waals surface area (Å²) in [7, 11) is 0. The molecule has 0 amide bonds. The smallest absolute Gasteiger partial charge is 0.331 e. The van der Waals surface area contributed by atoms with Crippen LogP contribution in [0.5, 0.6) is 11.5 Å². The second kappa shape index (κ2) is 7.72. The number of hydrogen-bond donors (Lipinski definition) is 0. The van der Waals surface area contributed by atoms with E-state index in [-0.39, 0.29) is 5.97 Å². The molecule has 4 heteroatoms. The average molecular weight is 292 g/mol. The van der Waals surface area contributed by atoms with Crippen molar-refractivity contribution in [2.24, 2.45) is 0 Å². The van der Waals surface area contributed by atoms with E-state index >= 15 is 0 Å². The van der Waals surface area contributed by atoms with Crippen LogP contribution in [-0.4, -0.2) is 24.8 Å². The van der Waals surface area contributed by atoms with E-state index in [1.807, 2.05) is 52.8 Å². The molecule has 116 valence electrons. The van der Waals surface area contributed by atoms with Crippen LogP contribution in [0.1, 0.15) is 40.2 Å². The number of hydrogen-bond acceptors (Lipinski definition) is 4. The van der Waals surface area contributed by atoms with Gasteiger partial charge in [0.2, 0.25) is 0 Å². The van der Waals surface area contributed by atoms with Crippen LogP contribution in [0.25, 0.3) is 6.08 Å². The molecule has 0 bridgehead atoms. The van der Waals surface area contributed by atoms with Gasteiger partial charge in [-0.25, -0.2) is 4.79 Å². The Bertz CT molecular complexity index is 474. The molecule has 0 spiro atoms. The first kappa shape index (κ1) is 17.1. The van der Waals surface area contributed by atoms with Crippen LogP contribution in [0.2, 0.25) is 0 Å². The Morgan fingerprint density at radius 3 is 2.00 bits per heavy atom. The predicted molar refractivity (Wildman–Crippen MR) is 83.7 cm³/mol. The molecule has 0 aliphatic rings. The lowest BCUT2D eigenvalue weighted by molar-refractivity contribution is -0.148. The van der Waals surface area contributed by atoms with Gasteiger partial charge >= 0.3 is 5.97 Å². The lowest BCUT2D eigenvalue weighted by Gasteiger charge is -2.17. The van der Waals surface area contributed by atoms with Crippen LogP contribution in [0.3, 0.4) is 0 Å². The first-order valence-corrected chi connectivity index (χ1v) is 7.15. The van der Waals surface area contributed by atoms with Crippen molar-refractivity contribution in [1.29, 1.82) is 0 Å². The minimum atomic E-state index is -0.495. The van der Waals surface area contributed by atoms with Gasteiger partial charge in [-0.05, 0) is 58.4 Å². The Hall–Kier alpha value is -1.97. The molecule has 21 heavy (non-hydrogen) atoms. The maximum absolute atomic E-state index is 11.7. The van der Waals surface area contributed by atoms with Gasteiger partial charge in [-0.1, -0.05) is 0 Å². The number of rotatable bonds is 6. The number of carbonyl (C=O) groups is 1. The zero-order valence-corrected chi connectivity index (χ0v) is 13.4. The van der Waals surface area contributed by atoms with Crippen molar-refractivity contribution < 1.29 is 19.0 Å². The SMILES string of the molecule is CCOc1cc(C=CC(=O)OC(C)(C)C)cc(OCC)c1. The van der Waals surface area contributed by atoms with Crippen LogP contribution in [-0.2, 0) is 9.53 Å². The highest BCUT2D eigenvalue weighted by molar-refractivity contribution is 5.87. The fraction of sp³-hybridized carbons (Fsp3) is 0.471. The summed E-state index contributed by atoms with van der Waals surface area (Å²) in [5, 5.41) is 0. The zero-order chi connectivity index (χ0) is 15.9. The molecule has 0 saturated heterocycles. The molecule has 0 atom stereocenters. The van der Waals surface area contributed by atoms with E-state index in [0.717, 1.165) is 5.56 Å². The summed E-state index contributed by atoms with van der Waals surface area (Å²) >= 11 is 0. The molecule has 4 nitrogen and oxygen atoms in total. The van der Waals surface area contributed by atoms with Gasteiger partial charge in [-0.15, -0.1) is 0 Å². The van der Waals surface area contributed by atoms with Crippen molar-refractivity contribution in [2.45, 2.75) is 40.2 Å². The average Bonchev–Trinajstić information content (AvgIpc) is 2.35. The van der Waals surface area contributed by atoms with Gasteiger partial charge in [0.1, 0.15) is 17.1 Å². The van der Waals surface area contributed by atoms with Crippen molar-refractivity contribution in [1.82, 2.24) is 0 Å². The molecular formula is C17H24O4. The van der Waals surface area contributed by atoms with Crippen molar-refractivity contribution in [3.8, 4) is 11.5 Å². The van der Waals surface area contributed by atoms with Crippen molar-refractivity contribution in [2.75, 3.05) is 13.2 Å². The largest absolute Gasteiger partial charge is 0.494 e. The monoisotopic (exact) mass is 292 g/mol. The quantitative estimate of drug-likeness (QED) is 0.590. The van der Waals surface area contributed by atoms with Crippen LogP contribution < -0.4 is 9.47 Å². The molecule has 0 aliphatic heterocycles. The third kappa shape index (κ3) is 6.84. The number of ether oxygens (including phenoxy) is 3. The zero-order valence-electron chi connectivity index (χ0n) is 13.4. The van der Waals surface area contributed by atoms with E-state index in [1.165, 1.54) is 6.08 Å². The van der Waals surface area contributed by atoms with E-state index in [2.05, 4.69) is 0 Å². The van der Waals surface area contributed by atoms with Crippen molar-refractivity contribution >= 4 is 12.0 Å². The molecule has 1 aromatic rings. The minimum absolute atomic E-state index is 0.373. The molecule has 0 radical (unpaired) electrons. The van der Waals surface area contributed by atoms with Crippen LogP contribution in [0.4, 0.5) is 0 Å². The van der Waals surface area contributed by atoms with Gasteiger partial charge in [0.15, 0.2) is 0 Å². The van der Waals surface area contributed by atoms with Gasteiger partial charge in [-0.2, -0.15) is 0 Å². The van der Waals surface area contributed by atoms with Gasteiger partial charge < -0.3 is 14.2 Å². The van der Waals surface area contributed by atoms with Gasteiger partial charge in [0.05, 0.1) is 13.2 Å². The van der Waals surface area contributed by atoms with Crippen LogP contribution >= 0.6 is 0 Å². The Labute approximate surface area is 126 Å². The van der Waals surface area contributed by atoms with Crippen LogP contribution in [0.15, 0.2) is 24.3 Å². The third-order valence-corrected chi connectivity index (χ3v) is 2.34. The van der Waals surface area contributed by atoms with Gasteiger partial charge in [0, 0.05) is 12.1 Å². The van der Waals surface area contributed by atoms with E-state index < -0.39 is 5.60 Å². The highest BCUT2D eigenvalue weighted by Gasteiger charge is 2.13. The normalized spacial score (nSPS) is 11.5. The summed E-state index contributed by atoms with van der Waals surface area (Å²) in [5.41, 5.74) is 0.334. The Morgan fingerprint density at radius 1 is 1.05 bits per heavy atom. The molecule has 0 aromatic heterocycles. The molecule has 1 aromatic carbocycles. The fourth-order valence-corrected chi connectivity index (χ4v) is 1.69. The summed E-state index contributed by atoms with van der Waals surface area (Å²) in [6.45, 7) is 10.5. The molecular weight excluding hydrogens is 268 g/mol. The lowest BCUT2D eigenvalue weighted by Crippen LogP contribution is -2.22. The van der Waals surface area contributed by atoms with E-state index in [0.29, 0.717) is 24.7 Å². The first-order valence-electron chi connectivity index (χ1n) is 7.15. The summed E-state index contributed by atoms with van der Waals surface area (Å²) in [6.07, 6.45) is 3.10. The third-order valence-electron chi connectivity index (χ3n) is 2.34. The summed E-state index contributed by atoms with van der Waals surface area (Å²) in [6, 6.07) is 5.54. The van der Waals surface area contributed by atoms with E-state index in [9.17, 15) is 4.79 Å². The summed E-state index contributed by atoms with van der Waals surface area (Å²) in [4.78, 5) is 11.7. The Kier molecular flexibility index (Phi) is 6.28. The van der Waals surface area contributed by atoms with Crippen LogP contribution in [0, 0.1) is 0 Å². The van der Waals surface area contributed by atoms with Crippen molar-refractivity contribution in [3.63, 3.8) is 0 Å². The van der Waals surface area contributed by atoms with Gasteiger partial charge in [-0.3, -0.25) is 0 Å². The lowest BCUT2D eigenvalue weighted by atomic mass is 10.1. The number of carbonyl (C=O) groups excluding carboxylic acids is 1. The second-order valence-electron chi connectivity index (χ2n) is 5.47. The molecule has 0 unspecified atom stereocenters. The predicted octanol–water partition coefficient (Wildman–Crippen LogP) is 3.84. The second-order valence-corrected chi connectivity index (χ2v) is 5.47. The first-order chi connectivity index (χ1) is 9.84. The van der Waals surface area contributed by atoms with E-state index in [4.69, 9.17) is 14.2 Å². The summed E-state index contributed by atoms with van der Waals surface area (Å²) in [5.74, 6) is 1.06. The minimum Gasteiger partial charge on any atom is -0.494 e. The molecule has 0 heterocycles. The fourth-order valence-electron chi connectivity index (χ4n) is 1.69. The molecule has 1 rings (SSSR count). The Morgan fingerprint density at radius 2 is 1.57 bits per heavy atom. The van der Waals surface area contributed by atoms with Crippen molar-refractivity contribution in [3.05, 3.63) is 29.8 Å². The highest BCUT2D eigenvalue weighted by Crippen LogP contribution is 2.24. The maximum atomic E-state index is 11.7. The maximum Gasteiger partial charge on any atom is 0.331 e. The molecule has 0 saturated carbocycles. The standard InChI is InChI=1S/C17H24O4/c1-6-19-14-10-13(11-15(12-14)20-7-2)8-9-16(18)21-17(3,4)5/h8-12H,6-7H2,1-5H3. The number of esters is 1. The number of benzene rings is 1. The Balaban J connectivity index is 2.88. The van der Waals surface area contributed by atoms with E-state index in [1.54, 1.807) is 6.08 Å². The molecule has 0 N–H and O–H groups in total. The summed E-state index contributed by atoms with van der Waals surface area (Å²) < 4.78 is 16.2. The highest BCUT2D eigenvalue weighted by atomic mass is 16.6.